The maximum atomic E-state index is 11.5. The normalized spacial score (nSPS) is 17.3. The van der Waals surface area contributed by atoms with Crippen LogP contribution < -0.4 is 0 Å². The van der Waals surface area contributed by atoms with E-state index in [0.29, 0.717) is 19.7 Å². The molecular weight excluding hydrogens is 198 g/mol. The zero-order chi connectivity index (χ0) is 11.3. The average molecular weight is 215 g/mol. The van der Waals surface area contributed by atoms with Gasteiger partial charge in [0.15, 0.2) is 6.10 Å². The second-order valence-corrected chi connectivity index (χ2v) is 3.47. The Balaban J connectivity index is 2.33. The molecule has 0 N–H and O–H groups in total. The van der Waals surface area contributed by atoms with Crippen molar-refractivity contribution in [3.8, 4) is 0 Å². The van der Waals surface area contributed by atoms with Crippen LogP contribution in [0.3, 0.4) is 0 Å². The summed E-state index contributed by atoms with van der Waals surface area (Å²) in [7, 11) is 0. The van der Waals surface area contributed by atoms with E-state index >= 15 is 0 Å². The first-order chi connectivity index (χ1) is 7.15. The molecule has 1 aliphatic heterocycles. The molecule has 0 aromatic heterocycles. The summed E-state index contributed by atoms with van der Waals surface area (Å²) in [5.41, 5.74) is 0. The highest BCUT2D eigenvalue weighted by molar-refractivity contribution is 5.78. The highest BCUT2D eigenvalue weighted by atomic mass is 16.6. The summed E-state index contributed by atoms with van der Waals surface area (Å²) >= 11 is 0. The topological polar surface area (TPSA) is 55.8 Å². The van der Waals surface area contributed by atoms with Gasteiger partial charge in [-0.1, -0.05) is 0 Å². The third kappa shape index (κ3) is 3.42. The minimum absolute atomic E-state index is 0.296. The molecule has 86 valence electrons. The highest BCUT2D eigenvalue weighted by Crippen LogP contribution is 2.10. The van der Waals surface area contributed by atoms with Crippen LogP contribution in [-0.2, 0) is 14.3 Å². The molecule has 1 rings (SSSR count). The van der Waals surface area contributed by atoms with Crippen LogP contribution in [0.5, 0.6) is 0 Å². The van der Waals surface area contributed by atoms with Gasteiger partial charge in [-0.15, -0.1) is 0 Å². The lowest BCUT2D eigenvalue weighted by molar-refractivity contribution is -0.152. The van der Waals surface area contributed by atoms with Gasteiger partial charge >= 0.3 is 12.1 Å². The second kappa shape index (κ2) is 5.58. The zero-order valence-electron chi connectivity index (χ0n) is 9.19. The maximum Gasteiger partial charge on any atom is 0.410 e. The van der Waals surface area contributed by atoms with Crippen LogP contribution in [-0.4, -0.2) is 42.8 Å². The van der Waals surface area contributed by atoms with Crippen molar-refractivity contribution in [3.05, 3.63) is 0 Å². The molecule has 0 unspecified atom stereocenters. The standard InChI is InChI=1S/C10H17NO4/c1-3-14-9(12)8(2)15-10(13)11-6-4-5-7-11/h8H,3-7H2,1-2H3/t8-/m1/s1. The molecule has 0 bridgehead atoms. The summed E-state index contributed by atoms with van der Waals surface area (Å²) in [6.07, 6.45) is 0.761. The minimum atomic E-state index is -0.821. The quantitative estimate of drug-likeness (QED) is 0.663. The van der Waals surface area contributed by atoms with Crippen molar-refractivity contribution in [2.45, 2.75) is 32.8 Å². The lowest BCUT2D eigenvalue weighted by Crippen LogP contribution is -2.34. The molecule has 1 aliphatic rings. The molecule has 1 amide bonds. The Kier molecular flexibility index (Phi) is 4.39. The van der Waals surface area contributed by atoms with Gasteiger partial charge in [0.2, 0.25) is 0 Å². The Labute approximate surface area is 89.3 Å². The van der Waals surface area contributed by atoms with Gasteiger partial charge in [0.25, 0.3) is 0 Å². The third-order valence-electron chi connectivity index (χ3n) is 2.26. The number of hydrogen-bond donors (Lipinski definition) is 0. The second-order valence-electron chi connectivity index (χ2n) is 3.47. The van der Waals surface area contributed by atoms with E-state index in [4.69, 9.17) is 9.47 Å². The van der Waals surface area contributed by atoms with Gasteiger partial charge in [-0.25, -0.2) is 9.59 Å². The predicted octanol–water partition coefficient (Wildman–Crippen LogP) is 1.17. The largest absolute Gasteiger partial charge is 0.463 e. The molecule has 15 heavy (non-hydrogen) atoms. The van der Waals surface area contributed by atoms with Gasteiger partial charge in [-0.2, -0.15) is 0 Å². The van der Waals surface area contributed by atoms with Gasteiger partial charge < -0.3 is 14.4 Å². The smallest absolute Gasteiger partial charge is 0.410 e. The van der Waals surface area contributed by atoms with Crippen molar-refractivity contribution >= 4 is 12.1 Å². The molecule has 1 heterocycles. The number of hydrogen-bond acceptors (Lipinski definition) is 4. The minimum Gasteiger partial charge on any atom is -0.463 e. The van der Waals surface area contributed by atoms with E-state index in [0.717, 1.165) is 12.8 Å². The van der Waals surface area contributed by atoms with E-state index in [-0.39, 0.29) is 0 Å². The Morgan fingerprint density at radius 1 is 1.33 bits per heavy atom. The Bertz CT molecular complexity index is 236. The molecule has 5 heteroatoms. The Hall–Kier alpha value is -1.26. The number of rotatable bonds is 3. The maximum absolute atomic E-state index is 11.5. The van der Waals surface area contributed by atoms with Gasteiger partial charge in [-0.05, 0) is 26.7 Å². The molecular formula is C10H17NO4. The van der Waals surface area contributed by atoms with E-state index in [1.165, 1.54) is 6.92 Å². The van der Waals surface area contributed by atoms with E-state index in [1.807, 2.05) is 0 Å². The number of amides is 1. The van der Waals surface area contributed by atoms with Crippen LogP contribution in [0.4, 0.5) is 4.79 Å². The molecule has 1 saturated heterocycles. The van der Waals surface area contributed by atoms with Crippen molar-refractivity contribution in [2.75, 3.05) is 19.7 Å². The molecule has 0 radical (unpaired) electrons. The van der Waals surface area contributed by atoms with Crippen molar-refractivity contribution in [1.82, 2.24) is 4.90 Å². The number of nitrogens with zero attached hydrogens (tertiary/aromatic N) is 1. The summed E-state index contributed by atoms with van der Waals surface area (Å²) in [6.45, 7) is 4.96. The summed E-state index contributed by atoms with van der Waals surface area (Å²) in [4.78, 5) is 24.2. The van der Waals surface area contributed by atoms with Crippen LogP contribution in [0.2, 0.25) is 0 Å². The van der Waals surface area contributed by atoms with Gasteiger partial charge in [0.1, 0.15) is 0 Å². The van der Waals surface area contributed by atoms with E-state index in [2.05, 4.69) is 0 Å². The van der Waals surface area contributed by atoms with Crippen molar-refractivity contribution in [2.24, 2.45) is 0 Å². The first-order valence-corrected chi connectivity index (χ1v) is 5.27. The number of carbonyl (C=O) groups excluding carboxylic acids is 2. The first kappa shape index (κ1) is 11.8. The van der Waals surface area contributed by atoms with Crippen LogP contribution in [0.1, 0.15) is 26.7 Å². The molecule has 0 spiro atoms. The van der Waals surface area contributed by atoms with Crippen LogP contribution in [0, 0.1) is 0 Å². The van der Waals surface area contributed by atoms with E-state index in [1.54, 1.807) is 11.8 Å². The van der Waals surface area contributed by atoms with Gasteiger partial charge in [-0.3, -0.25) is 0 Å². The lowest BCUT2D eigenvalue weighted by atomic mass is 10.4. The number of ether oxygens (including phenoxy) is 2. The zero-order valence-corrected chi connectivity index (χ0v) is 9.19. The molecule has 0 aromatic carbocycles. The molecule has 1 atom stereocenters. The summed E-state index contributed by atoms with van der Waals surface area (Å²) in [6, 6.07) is 0. The van der Waals surface area contributed by atoms with Gasteiger partial charge in [0.05, 0.1) is 6.61 Å². The fraction of sp³-hybridized carbons (Fsp3) is 0.800. The van der Waals surface area contributed by atoms with Crippen molar-refractivity contribution in [3.63, 3.8) is 0 Å². The first-order valence-electron chi connectivity index (χ1n) is 5.27. The van der Waals surface area contributed by atoms with Crippen molar-refractivity contribution in [1.29, 1.82) is 0 Å². The summed E-state index contributed by atoms with van der Waals surface area (Å²) in [5.74, 6) is -0.495. The molecule has 1 fully saturated rings. The summed E-state index contributed by atoms with van der Waals surface area (Å²) in [5, 5.41) is 0. The van der Waals surface area contributed by atoms with Crippen LogP contribution >= 0.6 is 0 Å². The molecule has 0 aliphatic carbocycles. The molecule has 5 nitrogen and oxygen atoms in total. The highest BCUT2D eigenvalue weighted by Gasteiger charge is 2.24. The van der Waals surface area contributed by atoms with Crippen molar-refractivity contribution < 1.29 is 19.1 Å². The lowest BCUT2D eigenvalue weighted by Gasteiger charge is -2.18. The van der Waals surface area contributed by atoms with E-state index in [9.17, 15) is 9.59 Å². The Morgan fingerprint density at radius 3 is 2.47 bits per heavy atom. The Morgan fingerprint density at radius 2 is 1.93 bits per heavy atom. The fourth-order valence-corrected chi connectivity index (χ4v) is 1.43. The van der Waals surface area contributed by atoms with Gasteiger partial charge in [0, 0.05) is 13.1 Å². The third-order valence-corrected chi connectivity index (χ3v) is 2.26. The average Bonchev–Trinajstić information content (AvgIpc) is 2.70. The SMILES string of the molecule is CCOC(=O)[C@@H](C)OC(=O)N1CCCC1. The number of likely N-dealkylation sites (tertiary alicyclic amines) is 1. The molecule has 0 saturated carbocycles. The fourth-order valence-electron chi connectivity index (χ4n) is 1.43. The van der Waals surface area contributed by atoms with Crippen LogP contribution in [0.15, 0.2) is 0 Å². The number of carbonyl (C=O) groups is 2. The predicted molar refractivity (Wildman–Crippen MR) is 53.4 cm³/mol. The van der Waals surface area contributed by atoms with Crippen LogP contribution in [0.25, 0.3) is 0 Å². The van der Waals surface area contributed by atoms with E-state index < -0.39 is 18.2 Å². The number of esters is 1. The monoisotopic (exact) mass is 215 g/mol. The molecule has 0 aromatic rings. The summed E-state index contributed by atoms with van der Waals surface area (Å²) < 4.78 is 9.69.